The first-order valence-electron chi connectivity index (χ1n) is 9.17. The Bertz CT molecular complexity index is 947. The SMILES string of the molecule is CCCN1C(=O)C(Nc2ccc(CC)cc2)=C(c2ccc([N+](=O)[O-])cc2)C1=O. The molecule has 2 amide bonds. The fraction of sp³-hybridized carbons (Fsp3) is 0.238. The van der Waals surface area contributed by atoms with Crippen LogP contribution in [0.15, 0.2) is 54.2 Å². The zero-order valence-electron chi connectivity index (χ0n) is 15.8. The van der Waals surface area contributed by atoms with Crippen molar-refractivity contribution in [2.45, 2.75) is 26.7 Å². The van der Waals surface area contributed by atoms with E-state index in [1.807, 2.05) is 31.2 Å². The van der Waals surface area contributed by atoms with Crippen LogP contribution < -0.4 is 5.32 Å². The van der Waals surface area contributed by atoms with Crippen LogP contribution in [0, 0.1) is 10.1 Å². The molecular formula is C21H21N3O4. The van der Waals surface area contributed by atoms with Crippen molar-refractivity contribution in [3.8, 4) is 0 Å². The van der Waals surface area contributed by atoms with Gasteiger partial charge in [-0.3, -0.25) is 24.6 Å². The summed E-state index contributed by atoms with van der Waals surface area (Å²) in [5.74, 6) is -0.784. The number of rotatable bonds is 7. The summed E-state index contributed by atoms with van der Waals surface area (Å²) in [7, 11) is 0. The van der Waals surface area contributed by atoms with E-state index in [1.165, 1.54) is 29.2 Å². The highest BCUT2D eigenvalue weighted by Gasteiger charge is 2.38. The van der Waals surface area contributed by atoms with Gasteiger partial charge in [-0.1, -0.05) is 26.0 Å². The Morgan fingerprint density at radius 2 is 1.61 bits per heavy atom. The van der Waals surface area contributed by atoms with Crippen molar-refractivity contribution in [2.75, 3.05) is 11.9 Å². The molecule has 0 aliphatic carbocycles. The van der Waals surface area contributed by atoms with E-state index in [-0.39, 0.29) is 22.9 Å². The topological polar surface area (TPSA) is 92.6 Å². The van der Waals surface area contributed by atoms with E-state index in [4.69, 9.17) is 0 Å². The second kappa shape index (κ2) is 8.04. The van der Waals surface area contributed by atoms with Crippen molar-refractivity contribution in [3.63, 3.8) is 0 Å². The largest absolute Gasteiger partial charge is 0.350 e. The number of amides is 2. The van der Waals surface area contributed by atoms with E-state index >= 15 is 0 Å². The van der Waals surface area contributed by atoms with Gasteiger partial charge in [0, 0.05) is 24.4 Å². The van der Waals surface area contributed by atoms with E-state index < -0.39 is 10.8 Å². The third-order valence-corrected chi connectivity index (χ3v) is 4.61. The highest BCUT2D eigenvalue weighted by atomic mass is 16.6. The van der Waals surface area contributed by atoms with Crippen molar-refractivity contribution in [3.05, 3.63) is 75.5 Å². The number of benzene rings is 2. The van der Waals surface area contributed by atoms with Gasteiger partial charge in [0.1, 0.15) is 5.70 Å². The zero-order valence-corrected chi connectivity index (χ0v) is 15.8. The predicted molar refractivity (Wildman–Crippen MR) is 106 cm³/mol. The Morgan fingerprint density at radius 1 is 0.964 bits per heavy atom. The second-order valence-corrected chi connectivity index (χ2v) is 6.49. The van der Waals surface area contributed by atoms with Crippen molar-refractivity contribution < 1.29 is 14.5 Å². The summed E-state index contributed by atoms with van der Waals surface area (Å²) in [6, 6.07) is 13.3. The van der Waals surface area contributed by atoms with Crippen LogP contribution in [0.5, 0.6) is 0 Å². The minimum Gasteiger partial charge on any atom is -0.350 e. The van der Waals surface area contributed by atoms with Gasteiger partial charge in [-0.25, -0.2) is 0 Å². The molecule has 28 heavy (non-hydrogen) atoms. The molecule has 0 bridgehead atoms. The van der Waals surface area contributed by atoms with Crippen LogP contribution in [-0.2, 0) is 16.0 Å². The van der Waals surface area contributed by atoms with Gasteiger partial charge >= 0.3 is 0 Å². The Labute approximate surface area is 162 Å². The van der Waals surface area contributed by atoms with E-state index in [9.17, 15) is 19.7 Å². The smallest absolute Gasteiger partial charge is 0.278 e. The average Bonchev–Trinajstić information content (AvgIpc) is 2.93. The van der Waals surface area contributed by atoms with Gasteiger partial charge in [0.25, 0.3) is 17.5 Å². The molecule has 0 atom stereocenters. The van der Waals surface area contributed by atoms with Crippen molar-refractivity contribution >= 4 is 28.8 Å². The molecule has 7 heteroatoms. The number of nitro groups is 1. The lowest BCUT2D eigenvalue weighted by molar-refractivity contribution is -0.384. The molecule has 0 fully saturated rings. The molecule has 1 aliphatic rings. The van der Waals surface area contributed by atoms with Crippen LogP contribution >= 0.6 is 0 Å². The lowest BCUT2D eigenvalue weighted by Crippen LogP contribution is -2.33. The summed E-state index contributed by atoms with van der Waals surface area (Å²) in [4.78, 5) is 37.4. The summed E-state index contributed by atoms with van der Waals surface area (Å²) in [5, 5.41) is 14.0. The van der Waals surface area contributed by atoms with Crippen LogP contribution in [0.4, 0.5) is 11.4 Å². The molecule has 2 aromatic rings. The van der Waals surface area contributed by atoms with Crippen molar-refractivity contribution in [1.29, 1.82) is 0 Å². The maximum absolute atomic E-state index is 12.9. The van der Waals surface area contributed by atoms with Gasteiger partial charge in [0.2, 0.25) is 0 Å². The number of nitrogens with zero attached hydrogens (tertiary/aromatic N) is 2. The second-order valence-electron chi connectivity index (χ2n) is 6.49. The number of hydrogen-bond acceptors (Lipinski definition) is 5. The van der Waals surface area contributed by atoms with Crippen LogP contribution in [0.25, 0.3) is 5.57 Å². The summed E-state index contributed by atoms with van der Waals surface area (Å²) in [6.07, 6.45) is 1.54. The first-order chi connectivity index (χ1) is 13.5. The van der Waals surface area contributed by atoms with Crippen LogP contribution in [-0.4, -0.2) is 28.2 Å². The zero-order chi connectivity index (χ0) is 20.3. The van der Waals surface area contributed by atoms with Gasteiger partial charge < -0.3 is 5.32 Å². The number of carbonyl (C=O) groups is 2. The molecule has 144 valence electrons. The molecule has 1 N–H and O–H groups in total. The molecule has 2 aromatic carbocycles. The maximum Gasteiger partial charge on any atom is 0.278 e. The Kier molecular flexibility index (Phi) is 5.54. The molecule has 0 unspecified atom stereocenters. The van der Waals surface area contributed by atoms with E-state index in [0.717, 1.165) is 12.0 Å². The van der Waals surface area contributed by atoms with Crippen molar-refractivity contribution in [2.24, 2.45) is 0 Å². The summed E-state index contributed by atoms with van der Waals surface area (Å²) >= 11 is 0. The number of anilines is 1. The number of hydrogen-bond donors (Lipinski definition) is 1. The van der Waals surface area contributed by atoms with E-state index in [2.05, 4.69) is 12.2 Å². The molecule has 1 heterocycles. The Morgan fingerprint density at radius 3 is 2.14 bits per heavy atom. The number of carbonyl (C=O) groups excluding carboxylic acids is 2. The van der Waals surface area contributed by atoms with Crippen molar-refractivity contribution in [1.82, 2.24) is 4.90 Å². The van der Waals surface area contributed by atoms with Gasteiger partial charge in [0.05, 0.1) is 10.5 Å². The molecular weight excluding hydrogens is 358 g/mol. The third kappa shape index (κ3) is 3.64. The van der Waals surface area contributed by atoms with E-state index in [0.29, 0.717) is 24.2 Å². The highest BCUT2D eigenvalue weighted by molar-refractivity contribution is 6.36. The lowest BCUT2D eigenvalue weighted by atomic mass is 10.0. The van der Waals surface area contributed by atoms with Gasteiger partial charge in [-0.15, -0.1) is 0 Å². The summed E-state index contributed by atoms with van der Waals surface area (Å²) in [6.45, 7) is 4.26. The van der Waals surface area contributed by atoms with Gasteiger partial charge in [0.15, 0.2) is 0 Å². The Hall–Kier alpha value is -3.48. The van der Waals surface area contributed by atoms with E-state index in [1.54, 1.807) is 0 Å². The lowest BCUT2D eigenvalue weighted by Gasteiger charge is -2.13. The first kappa shape index (κ1) is 19.3. The minimum absolute atomic E-state index is 0.0730. The molecule has 1 aliphatic heterocycles. The van der Waals surface area contributed by atoms with Crippen LogP contribution in [0.3, 0.4) is 0 Å². The van der Waals surface area contributed by atoms with Gasteiger partial charge in [-0.2, -0.15) is 0 Å². The number of non-ortho nitro benzene ring substituents is 1. The third-order valence-electron chi connectivity index (χ3n) is 4.61. The van der Waals surface area contributed by atoms with Crippen LogP contribution in [0.2, 0.25) is 0 Å². The average molecular weight is 379 g/mol. The molecule has 0 saturated carbocycles. The molecule has 3 rings (SSSR count). The first-order valence-corrected chi connectivity index (χ1v) is 9.17. The van der Waals surface area contributed by atoms with Gasteiger partial charge in [-0.05, 0) is 48.2 Å². The maximum atomic E-state index is 12.9. The van der Waals surface area contributed by atoms with Crippen LogP contribution in [0.1, 0.15) is 31.4 Å². The summed E-state index contributed by atoms with van der Waals surface area (Å²) < 4.78 is 0. The molecule has 7 nitrogen and oxygen atoms in total. The normalized spacial score (nSPS) is 14.0. The monoisotopic (exact) mass is 379 g/mol. The summed E-state index contributed by atoms with van der Waals surface area (Å²) in [5.41, 5.74) is 2.68. The number of imide groups is 1. The fourth-order valence-corrected chi connectivity index (χ4v) is 3.10. The highest BCUT2D eigenvalue weighted by Crippen LogP contribution is 2.31. The molecule has 0 spiro atoms. The quantitative estimate of drug-likeness (QED) is 0.449. The number of nitrogens with one attached hydrogen (secondary N) is 1. The standard InChI is InChI=1S/C21H21N3O4/c1-3-13-23-20(25)18(15-7-11-17(12-8-15)24(27)28)19(21(23)26)22-16-9-5-14(4-2)6-10-16/h5-12,22H,3-4,13H2,1-2H3. The molecule has 0 aromatic heterocycles. The fourth-order valence-electron chi connectivity index (χ4n) is 3.10. The molecule has 0 radical (unpaired) electrons. The predicted octanol–water partition coefficient (Wildman–Crippen LogP) is 3.76. The minimum atomic E-state index is -0.502. The number of aryl methyl sites for hydroxylation is 1. The Balaban J connectivity index is 2.03. The number of nitro benzene ring substituents is 1. The molecule has 0 saturated heterocycles.